The third-order valence-corrected chi connectivity index (χ3v) is 6.12. The van der Waals surface area contributed by atoms with E-state index in [0.29, 0.717) is 17.2 Å². The van der Waals surface area contributed by atoms with E-state index in [-0.39, 0.29) is 11.9 Å². The van der Waals surface area contributed by atoms with E-state index in [0.717, 1.165) is 37.9 Å². The Labute approximate surface area is 145 Å². The summed E-state index contributed by atoms with van der Waals surface area (Å²) in [6, 6.07) is 6.72. The zero-order chi connectivity index (χ0) is 17.7. The molecule has 2 rings (SSSR count). The zero-order valence-electron chi connectivity index (χ0n) is 14.8. The number of hydrogen-bond acceptors (Lipinski definition) is 4. The molecule has 24 heavy (non-hydrogen) atoms. The molecule has 1 amide bonds. The minimum Gasteiger partial charge on any atom is -0.339 e. The highest BCUT2D eigenvalue weighted by molar-refractivity contribution is 7.90. The molecule has 0 spiro atoms. The second-order valence-corrected chi connectivity index (χ2v) is 8.77. The minimum atomic E-state index is -3.19. The van der Waals surface area contributed by atoms with E-state index < -0.39 is 9.84 Å². The number of rotatable bonds is 6. The molecule has 1 unspecified atom stereocenters. The Morgan fingerprint density at radius 2 is 1.83 bits per heavy atom. The van der Waals surface area contributed by atoms with Gasteiger partial charge in [-0.25, -0.2) is 8.42 Å². The molecule has 1 aliphatic rings. The van der Waals surface area contributed by atoms with Crippen molar-refractivity contribution in [1.29, 1.82) is 0 Å². The topological polar surface area (TPSA) is 66.5 Å². The average Bonchev–Trinajstić information content (AvgIpc) is 2.58. The summed E-state index contributed by atoms with van der Waals surface area (Å²) in [5, 5.41) is 3.34. The third kappa shape index (κ3) is 5.05. The van der Waals surface area contributed by atoms with Crippen molar-refractivity contribution in [2.75, 3.05) is 26.4 Å². The predicted molar refractivity (Wildman–Crippen MR) is 95.6 cm³/mol. The highest BCUT2D eigenvalue weighted by Gasteiger charge is 2.20. The number of benzene rings is 1. The van der Waals surface area contributed by atoms with Crippen LogP contribution in [0.2, 0.25) is 0 Å². The van der Waals surface area contributed by atoms with E-state index in [4.69, 9.17) is 0 Å². The fourth-order valence-corrected chi connectivity index (χ4v) is 3.74. The number of nitrogens with zero attached hydrogens (tertiary/aromatic N) is 1. The van der Waals surface area contributed by atoms with Crippen LogP contribution in [0, 0.1) is 5.92 Å². The molecule has 1 N–H and O–H groups in total. The van der Waals surface area contributed by atoms with E-state index >= 15 is 0 Å². The summed E-state index contributed by atoms with van der Waals surface area (Å²) >= 11 is 0. The Morgan fingerprint density at radius 1 is 1.25 bits per heavy atom. The lowest BCUT2D eigenvalue weighted by Gasteiger charge is -2.27. The van der Waals surface area contributed by atoms with E-state index in [1.165, 1.54) is 6.26 Å². The van der Waals surface area contributed by atoms with Gasteiger partial charge in [0.05, 0.1) is 10.9 Å². The summed E-state index contributed by atoms with van der Waals surface area (Å²) < 4.78 is 23.0. The number of nitrogens with one attached hydrogen (secondary N) is 1. The van der Waals surface area contributed by atoms with E-state index in [1.807, 2.05) is 14.0 Å². The molecule has 134 valence electrons. The molecule has 1 aliphatic heterocycles. The van der Waals surface area contributed by atoms with Gasteiger partial charge >= 0.3 is 0 Å². The second-order valence-electron chi connectivity index (χ2n) is 6.75. The summed E-state index contributed by atoms with van der Waals surface area (Å²) in [6.07, 6.45) is 5.03. The Kier molecular flexibility index (Phi) is 6.40. The van der Waals surface area contributed by atoms with Crippen LogP contribution in [0.3, 0.4) is 0 Å². The van der Waals surface area contributed by atoms with Gasteiger partial charge in [0, 0.05) is 19.7 Å². The van der Waals surface area contributed by atoms with Gasteiger partial charge in [-0.3, -0.25) is 4.79 Å². The molecular formula is C18H28N2O3S. The maximum absolute atomic E-state index is 12.4. The van der Waals surface area contributed by atoms with Crippen LogP contribution in [0.15, 0.2) is 29.2 Å². The molecule has 0 aromatic heterocycles. The van der Waals surface area contributed by atoms with Gasteiger partial charge in [0.25, 0.3) is 0 Å². The van der Waals surface area contributed by atoms with Crippen molar-refractivity contribution in [1.82, 2.24) is 10.2 Å². The van der Waals surface area contributed by atoms with Gasteiger partial charge in [0.2, 0.25) is 5.91 Å². The Balaban J connectivity index is 1.92. The lowest BCUT2D eigenvalue weighted by atomic mass is 9.93. The zero-order valence-corrected chi connectivity index (χ0v) is 15.6. The van der Waals surface area contributed by atoms with Crippen molar-refractivity contribution in [2.45, 2.75) is 43.5 Å². The van der Waals surface area contributed by atoms with Crippen LogP contribution in [-0.2, 0) is 14.6 Å². The summed E-state index contributed by atoms with van der Waals surface area (Å²) in [6.45, 7) is 4.08. The van der Waals surface area contributed by atoms with Crippen LogP contribution in [0.4, 0.5) is 0 Å². The molecule has 0 saturated carbocycles. The average molecular weight is 353 g/mol. The van der Waals surface area contributed by atoms with Gasteiger partial charge in [0.1, 0.15) is 0 Å². The molecule has 1 aromatic rings. The van der Waals surface area contributed by atoms with Crippen molar-refractivity contribution in [3.05, 3.63) is 29.8 Å². The van der Waals surface area contributed by atoms with Gasteiger partial charge < -0.3 is 10.2 Å². The number of piperidine rings is 1. The van der Waals surface area contributed by atoms with Crippen molar-refractivity contribution in [3.63, 3.8) is 0 Å². The molecule has 1 fully saturated rings. The molecule has 1 saturated heterocycles. The number of hydrogen-bond donors (Lipinski definition) is 1. The Bertz CT molecular complexity index is 649. The summed E-state index contributed by atoms with van der Waals surface area (Å²) in [5.41, 5.74) is 0.945. The number of sulfone groups is 1. The second kappa shape index (κ2) is 8.12. The first-order valence-electron chi connectivity index (χ1n) is 8.55. The number of amides is 1. The van der Waals surface area contributed by atoms with Crippen LogP contribution in [0.1, 0.15) is 44.2 Å². The van der Waals surface area contributed by atoms with Gasteiger partial charge in [-0.2, -0.15) is 0 Å². The molecule has 5 nitrogen and oxygen atoms in total. The fourth-order valence-electron chi connectivity index (χ4n) is 3.11. The fraction of sp³-hybridized carbons (Fsp3) is 0.611. The Morgan fingerprint density at radius 3 is 2.38 bits per heavy atom. The van der Waals surface area contributed by atoms with Crippen molar-refractivity contribution >= 4 is 15.7 Å². The molecule has 6 heteroatoms. The van der Waals surface area contributed by atoms with Crippen LogP contribution in [0.5, 0.6) is 0 Å². The monoisotopic (exact) mass is 352 g/mol. The van der Waals surface area contributed by atoms with Gasteiger partial charge in [-0.05, 0) is 62.9 Å². The third-order valence-electron chi connectivity index (χ3n) is 4.99. The molecule has 0 aliphatic carbocycles. The van der Waals surface area contributed by atoms with Gasteiger partial charge in [-0.1, -0.05) is 12.1 Å². The molecule has 1 atom stereocenters. The normalized spacial score (nSPS) is 17.5. The lowest BCUT2D eigenvalue weighted by Crippen LogP contribution is -2.31. The van der Waals surface area contributed by atoms with Crippen LogP contribution in [0.25, 0.3) is 0 Å². The van der Waals surface area contributed by atoms with Gasteiger partial charge in [0.15, 0.2) is 9.84 Å². The quantitative estimate of drug-likeness (QED) is 0.854. The summed E-state index contributed by atoms with van der Waals surface area (Å²) in [4.78, 5) is 14.5. The highest BCUT2D eigenvalue weighted by atomic mass is 32.2. The van der Waals surface area contributed by atoms with Crippen LogP contribution < -0.4 is 5.32 Å². The van der Waals surface area contributed by atoms with E-state index in [2.05, 4.69) is 5.32 Å². The summed E-state index contributed by atoms with van der Waals surface area (Å²) in [5.74, 6) is 0.793. The number of carbonyl (C=O) groups is 1. The van der Waals surface area contributed by atoms with Crippen molar-refractivity contribution < 1.29 is 13.2 Å². The molecule has 0 radical (unpaired) electrons. The Hall–Kier alpha value is -1.40. The van der Waals surface area contributed by atoms with Crippen molar-refractivity contribution in [2.24, 2.45) is 5.92 Å². The maximum atomic E-state index is 12.4. The molecular weight excluding hydrogens is 324 g/mol. The standard InChI is InChI=1S/C18H28N2O3S/c1-14(16-5-7-17(8-6-16)24(3,22)23)20(2)18(21)9-4-15-10-12-19-13-11-15/h5-8,14-15,19H,4,9-13H2,1-3H3. The van der Waals surface area contributed by atoms with Crippen molar-refractivity contribution in [3.8, 4) is 0 Å². The lowest BCUT2D eigenvalue weighted by molar-refractivity contribution is -0.132. The SMILES string of the molecule is CC(c1ccc(S(C)(=O)=O)cc1)N(C)C(=O)CCC1CCNCC1. The molecule has 0 bridgehead atoms. The first-order chi connectivity index (χ1) is 11.3. The summed E-state index contributed by atoms with van der Waals surface area (Å²) in [7, 11) is -1.37. The maximum Gasteiger partial charge on any atom is 0.222 e. The van der Waals surface area contributed by atoms with E-state index in [1.54, 1.807) is 29.2 Å². The smallest absolute Gasteiger partial charge is 0.222 e. The van der Waals surface area contributed by atoms with Crippen LogP contribution >= 0.6 is 0 Å². The largest absolute Gasteiger partial charge is 0.339 e. The first kappa shape index (κ1) is 18.9. The first-order valence-corrected chi connectivity index (χ1v) is 10.4. The van der Waals surface area contributed by atoms with Crippen LogP contribution in [-0.4, -0.2) is 45.6 Å². The predicted octanol–water partition coefficient (Wildman–Crippen LogP) is 2.39. The number of carbonyl (C=O) groups excluding carboxylic acids is 1. The molecule has 1 aromatic carbocycles. The van der Waals surface area contributed by atoms with E-state index in [9.17, 15) is 13.2 Å². The van der Waals surface area contributed by atoms with Gasteiger partial charge in [-0.15, -0.1) is 0 Å². The highest BCUT2D eigenvalue weighted by Crippen LogP contribution is 2.23. The molecule has 1 heterocycles. The minimum absolute atomic E-state index is 0.0702.